The summed E-state index contributed by atoms with van der Waals surface area (Å²) in [6, 6.07) is 6.70. The van der Waals surface area contributed by atoms with Crippen LogP contribution in [0.5, 0.6) is 0 Å². The predicted octanol–water partition coefficient (Wildman–Crippen LogP) is 5.47. The number of rotatable bonds is 3. The van der Waals surface area contributed by atoms with E-state index in [0.717, 1.165) is 17.7 Å². The highest BCUT2D eigenvalue weighted by Gasteiger charge is 2.57. The van der Waals surface area contributed by atoms with Crippen LogP contribution >= 0.6 is 11.3 Å². The zero-order chi connectivity index (χ0) is 18.0. The van der Waals surface area contributed by atoms with Gasteiger partial charge in [0.1, 0.15) is 16.5 Å². The molecule has 2 aromatic heterocycles. The summed E-state index contributed by atoms with van der Waals surface area (Å²) >= 11 is 1.40. The Balaban J connectivity index is 1.34. The molecule has 0 saturated heterocycles. The number of aromatic nitrogens is 3. The van der Waals surface area contributed by atoms with Crippen molar-refractivity contribution in [3.63, 3.8) is 0 Å². The highest BCUT2D eigenvalue weighted by molar-refractivity contribution is 7.13. The second-order valence-corrected chi connectivity index (χ2v) is 9.32. The lowest BCUT2D eigenvalue weighted by molar-refractivity contribution is 0.129. The minimum atomic E-state index is -0.265. The first-order valence-corrected chi connectivity index (χ1v) is 10.6. The van der Waals surface area contributed by atoms with Gasteiger partial charge in [-0.15, -0.1) is 21.5 Å². The Morgan fingerprint density at radius 2 is 2.00 bits per heavy atom. The van der Waals surface area contributed by atoms with Gasteiger partial charge < -0.3 is 4.42 Å². The minimum absolute atomic E-state index is 0.0906. The molecule has 138 valence electrons. The largest absolute Gasteiger partial charge is 0.419 e. The van der Waals surface area contributed by atoms with Gasteiger partial charge in [-0.05, 0) is 68.4 Å². The van der Waals surface area contributed by atoms with Crippen LogP contribution in [0.25, 0.3) is 22.2 Å². The highest BCUT2D eigenvalue weighted by Crippen LogP contribution is 2.62. The van der Waals surface area contributed by atoms with Crippen molar-refractivity contribution in [2.45, 2.75) is 43.9 Å². The first kappa shape index (κ1) is 15.9. The monoisotopic (exact) mass is 381 g/mol. The van der Waals surface area contributed by atoms with Crippen molar-refractivity contribution in [2.75, 3.05) is 0 Å². The molecule has 4 nitrogen and oxygen atoms in total. The van der Waals surface area contributed by atoms with Gasteiger partial charge >= 0.3 is 0 Å². The first-order valence-electron chi connectivity index (χ1n) is 9.76. The van der Waals surface area contributed by atoms with E-state index in [0.29, 0.717) is 28.1 Å². The summed E-state index contributed by atoms with van der Waals surface area (Å²) in [6.07, 6.45) is 7.70. The summed E-state index contributed by atoms with van der Waals surface area (Å²) in [5.74, 6) is 3.45. The van der Waals surface area contributed by atoms with Gasteiger partial charge in [0, 0.05) is 10.9 Å². The van der Waals surface area contributed by atoms with Crippen LogP contribution in [-0.4, -0.2) is 15.2 Å². The summed E-state index contributed by atoms with van der Waals surface area (Å²) < 4.78 is 20.2. The van der Waals surface area contributed by atoms with E-state index < -0.39 is 0 Å². The van der Waals surface area contributed by atoms with E-state index in [2.05, 4.69) is 15.2 Å². The molecule has 6 heteroatoms. The lowest BCUT2D eigenvalue weighted by atomic mass is 9.64. The number of halogens is 1. The van der Waals surface area contributed by atoms with E-state index in [1.54, 1.807) is 12.1 Å². The molecule has 27 heavy (non-hydrogen) atoms. The molecule has 1 aromatic carbocycles. The molecule has 4 unspecified atom stereocenters. The fourth-order valence-electron chi connectivity index (χ4n) is 5.90. The zero-order valence-corrected chi connectivity index (χ0v) is 15.7. The lowest BCUT2D eigenvalue weighted by Crippen LogP contribution is -2.36. The molecule has 0 radical (unpaired) electrons. The summed E-state index contributed by atoms with van der Waals surface area (Å²) in [5, 5.41) is 11.3. The van der Waals surface area contributed by atoms with Crippen molar-refractivity contribution < 1.29 is 8.81 Å². The Kier molecular flexibility index (Phi) is 3.37. The van der Waals surface area contributed by atoms with Crippen molar-refractivity contribution in [2.24, 2.45) is 17.8 Å². The second-order valence-electron chi connectivity index (χ2n) is 8.47. The van der Waals surface area contributed by atoms with Crippen LogP contribution in [0.3, 0.4) is 0 Å². The van der Waals surface area contributed by atoms with E-state index in [-0.39, 0.29) is 11.2 Å². The Morgan fingerprint density at radius 1 is 1.11 bits per heavy atom. The number of benzene rings is 1. The smallest absolute Gasteiger partial charge is 0.267 e. The van der Waals surface area contributed by atoms with Crippen LogP contribution in [0.2, 0.25) is 0 Å². The van der Waals surface area contributed by atoms with E-state index in [1.807, 2.05) is 11.4 Å². The molecule has 4 atom stereocenters. The highest BCUT2D eigenvalue weighted by atomic mass is 32.1. The van der Waals surface area contributed by atoms with Gasteiger partial charge in [0.05, 0.1) is 5.41 Å². The first-order chi connectivity index (χ1) is 13.2. The average molecular weight is 381 g/mol. The van der Waals surface area contributed by atoms with Crippen LogP contribution in [-0.2, 0) is 5.41 Å². The summed E-state index contributed by atoms with van der Waals surface area (Å²) in [6.45, 7) is 0. The van der Waals surface area contributed by atoms with Gasteiger partial charge in [0.15, 0.2) is 0 Å². The number of fused-ring (bicyclic) bond motifs is 2. The van der Waals surface area contributed by atoms with Crippen LogP contribution in [0.1, 0.15) is 44.4 Å². The Labute approximate surface area is 160 Å². The van der Waals surface area contributed by atoms with Gasteiger partial charge in [0.25, 0.3) is 5.89 Å². The van der Waals surface area contributed by atoms with Gasteiger partial charge in [0.2, 0.25) is 5.89 Å². The maximum atomic E-state index is 14.0. The Morgan fingerprint density at radius 3 is 2.93 bits per heavy atom. The van der Waals surface area contributed by atoms with Crippen molar-refractivity contribution in [3.8, 4) is 22.2 Å². The number of hydrogen-bond acceptors (Lipinski definition) is 5. The van der Waals surface area contributed by atoms with Crippen LogP contribution in [0.15, 0.2) is 34.1 Å². The summed E-state index contributed by atoms with van der Waals surface area (Å²) in [7, 11) is 0. The zero-order valence-electron chi connectivity index (χ0n) is 14.9. The predicted molar refractivity (Wildman–Crippen MR) is 101 cm³/mol. The normalized spacial score (nSPS) is 31.5. The third-order valence-corrected chi connectivity index (χ3v) is 7.89. The Bertz CT molecular complexity index is 1010. The van der Waals surface area contributed by atoms with Gasteiger partial charge in [-0.25, -0.2) is 9.37 Å². The molecule has 6 rings (SSSR count). The number of thiazole rings is 1. The molecule has 3 bridgehead atoms. The maximum absolute atomic E-state index is 14.0. The molecule has 3 aliphatic carbocycles. The van der Waals surface area contributed by atoms with Crippen molar-refractivity contribution in [3.05, 3.63) is 41.4 Å². The molecule has 3 aliphatic rings. The van der Waals surface area contributed by atoms with Crippen molar-refractivity contribution in [1.29, 1.82) is 0 Å². The SMILES string of the molecule is Fc1ccccc1-c1nc(-c2nnc(C34CCC5CC(CC3C5)C4)o2)cs1. The fourth-order valence-corrected chi connectivity index (χ4v) is 6.72. The minimum Gasteiger partial charge on any atom is -0.419 e. The van der Waals surface area contributed by atoms with E-state index in [1.165, 1.54) is 55.9 Å². The molecule has 0 N–H and O–H groups in total. The molecule has 3 aromatic rings. The quantitative estimate of drug-likeness (QED) is 0.604. The van der Waals surface area contributed by atoms with E-state index in [4.69, 9.17) is 4.42 Å². The maximum Gasteiger partial charge on any atom is 0.267 e. The van der Waals surface area contributed by atoms with Crippen LogP contribution in [0.4, 0.5) is 4.39 Å². The molecule has 2 heterocycles. The molecular weight excluding hydrogens is 361 g/mol. The van der Waals surface area contributed by atoms with Gasteiger partial charge in [-0.1, -0.05) is 12.1 Å². The number of nitrogens with zero attached hydrogens (tertiary/aromatic N) is 3. The fraction of sp³-hybridized carbons (Fsp3) is 0.476. The third-order valence-electron chi connectivity index (χ3n) is 7.01. The molecule has 3 fully saturated rings. The van der Waals surface area contributed by atoms with Crippen molar-refractivity contribution in [1.82, 2.24) is 15.2 Å². The molecule has 0 amide bonds. The standard InChI is InChI=1S/C21H20FN3OS/c22-16-4-2-1-3-15(16)19-23-17(11-27-19)18-24-25-20(26-18)21-6-5-12-7-13(10-21)9-14(21)8-12/h1-4,11-14H,5-10H2. The van der Waals surface area contributed by atoms with Crippen molar-refractivity contribution >= 4 is 11.3 Å². The van der Waals surface area contributed by atoms with Gasteiger partial charge in [-0.2, -0.15) is 0 Å². The molecular formula is C21H20FN3OS. The lowest BCUT2D eigenvalue weighted by Gasteiger charge is -2.40. The summed E-state index contributed by atoms with van der Waals surface area (Å²) in [5.41, 5.74) is 1.24. The second kappa shape index (κ2) is 5.71. The van der Waals surface area contributed by atoms with Crippen LogP contribution in [0, 0.1) is 23.6 Å². The van der Waals surface area contributed by atoms with E-state index >= 15 is 0 Å². The molecule has 0 aliphatic heterocycles. The molecule has 0 spiro atoms. The Hall–Kier alpha value is -2.08. The number of hydrogen-bond donors (Lipinski definition) is 0. The van der Waals surface area contributed by atoms with Crippen LogP contribution < -0.4 is 0 Å². The topological polar surface area (TPSA) is 51.8 Å². The van der Waals surface area contributed by atoms with Gasteiger partial charge in [-0.3, -0.25) is 0 Å². The summed E-state index contributed by atoms with van der Waals surface area (Å²) in [4.78, 5) is 4.56. The third kappa shape index (κ3) is 2.35. The van der Waals surface area contributed by atoms with E-state index in [9.17, 15) is 4.39 Å². The average Bonchev–Trinajstić information content (AvgIpc) is 3.37. The molecule has 3 saturated carbocycles.